The Morgan fingerprint density at radius 2 is 2.19 bits per heavy atom. The number of carbonyl (C=O) groups is 1. The highest BCUT2D eigenvalue weighted by Crippen LogP contribution is 2.45. The third-order valence-electron chi connectivity index (χ3n) is 3.19. The number of carbonyl (C=O) groups excluding carboxylic acids is 1. The minimum absolute atomic E-state index is 0.243. The van der Waals surface area contributed by atoms with Crippen molar-refractivity contribution in [2.24, 2.45) is 5.73 Å². The highest BCUT2D eigenvalue weighted by atomic mass is 35.5. The van der Waals surface area contributed by atoms with E-state index >= 15 is 0 Å². The SMILES string of the molecule is COc1ccc(Cl)cc1C1(CN)CC(=O)C1. The lowest BCUT2D eigenvalue weighted by Gasteiger charge is -2.40. The average Bonchev–Trinajstić information content (AvgIpc) is 2.24. The second-order valence-electron chi connectivity index (χ2n) is 4.22. The van der Waals surface area contributed by atoms with E-state index in [2.05, 4.69) is 0 Å². The first kappa shape index (κ1) is 11.4. The van der Waals surface area contributed by atoms with Gasteiger partial charge in [0.25, 0.3) is 0 Å². The van der Waals surface area contributed by atoms with Gasteiger partial charge in [0, 0.05) is 35.4 Å². The molecule has 16 heavy (non-hydrogen) atoms. The van der Waals surface area contributed by atoms with E-state index in [1.165, 1.54) is 0 Å². The van der Waals surface area contributed by atoms with Crippen LogP contribution in [0.5, 0.6) is 5.75 Å². The van der Waals surface area contributed by atoms with Crippen LogP contribution in [0, 0.1) is 0 Å². The van der Waals surface area contributed by atoms with Gasteiger partial charge in [-0.15, -0.1) is 0 Å². The summed E-state index contributed by atoms with van der Waals surface area (Å²) in [4.78, 5) is 11.2. The first-order chi connectivity index (χ1) is 7.61. The van der Waals surface area contributed by atoms with Gasteiger partial charge in [0.15, 0.2) is 0 Å². The Bertz CT molecular complexity index is 423. The zero-order valence-corrected chi connectivity index (χ0v) is 9.88. The molecular weight excluding hydrogens is 226 g/mol. The highest BCUT2D eigenvalue weighted by Gasteiger charge is 2.45. The molecule has 1 aromatic rings. The van der Waals surface area contributed by atoms with Crippen LogP contribution in [0.4, 0.5) is 0 Å². The minimum Gasteiger partial charge on any atom is -0.496 e. The summed E-state index contributed by atoms with van der Waals surface area (Å²) in [6.07, 6.45) is 0.973. The molecule has 0 aliphatic heterocycles. The van der Waals surface area contributed by atoms with Gasteiger partial charge in [-0.05, 0) is 18.2 Å². The lowest BCUT2D eigenvalue weighted by Crippen LogP contribution is -2.47. The Balaban J connectivity index is 2.45. The molecule has 1 fully saturated rings. The predicted molar refractivity (Wildman–Crippen MR) is 63.0 cm³/mol. The van der Waals surface area contributed by atoms with E-state index in [0.29, 0.717) is 24.4 Å². The van der Waals surface area contributed by atoms with Crippen LogP contribution in [-0.2, 0) is 10.2 Å². The number of rotatable bonds is 3. The van der Waals surface area contributed by atoms with Gasteiger partial charge in [-0.1, -0.05) is 11.6 Å². The van der Waals surface area contributed by atoms with Crippen LogP contribution in [0.15, 0.2) is 18.2 Å². The molecule has 3 nitrogen and oxygen atoms in total. The van der Waals surface area contributed by atoms with Gasteiger partial charge < -0.3 is 10.5 Å². The van der Waals surface area contributed by atoms with Crippen molar-refractivity contribution in [2.75, 3.05) is 13.7 Å². The van der Waals surface area contributed by atoms with Crippen molar-refractivity contribution in [2.45, 2.75) is 18.3 Å². The van der Waals surface area contributed by atoms with E-state index in [1.54, 1.807) is 13.2 Å². The van der Waals surface area contributed by atoms with Gasteiger partial charge in [0.05, 0.1) is 7.11 Å². The number of halogens is 1. The number of nitrogens with two attached hydrogens (primary N) is 1. The van der Waals surface area contributed by atoms with E-state index in [4.69, 9.17) is 22.1 Å². The fourth-order valence-corrected chi connectivity index (χ4v) is 2.41. The summed E-state index contributed by atoms with van der Waals surface area (Å²) in [5.41, 5.74) is 6.46. The normalized spacial score (nSPS) is 18.1. The summed E-state index contributed by atoms with van der Waals surface area (Å²) in [5, 5.41) is 0.642. The maximum absolute atomic E-state index is 11.2. The highest BCUT2D eigenvalue weighted by molar-refractivity contribution is 6.30. The molecule has 4 heteroatoms. The third kappa shape index (κ3) is 1.70. The molecule has 1 aliphatic carbocycles. The molecule has 0 aromatic heterocycles. The van der Waals surface area contributed by atoms with Crippen molar-refractivity contribution in [1.29, 1.82) is 0 Å². The molecule has 0 unspecified atom stereocenters. The van der Waals surface area contributed by atoms with Crippen LogP contribution >= 0.6 is 11.6 Å². The molecule has 0 bridgehead atoms. The van der Waals surface area contributed by atoms with Crippen LogP contribution < -0.4 is 10.5 Å². The van der Waals surface area contributed by atoms with Crippen LogP contribution in [0.3, 0.4) is 0 Å². The summed E-state index contributed by atoms with van der Waals surface area (Å²) in [7, 11) is 1.61. The van der Waals surface area contributed by atoms with Crippen molar-refractivity contribution < 1.29 is 9.53 Å². The number of Topliss-reactive ketones (excluding diaryl/α,β-unsaturated/α-hetero) is 1. The maximum Gasteiger partial charge on any atom is 0.134 e. The van der Waals surface area contributed by atoms with Crippen LogP contribution in [0.25, 0.3) is 0 Å². The zero-order chi connectivity index (χ0) is 11.8. The van der Waals surface area contributed by atoms with Gasteiger partial charge >= 0.3 is 0 Å². The average molecular weight is 240 g/mol. The van der Waals surface area contributed by atoms with E-state index in [0.717, 1.165) is 11.3 Å². The molecule has 1 aliphatic rings. The van der Waals surface area contributed by atoms with Crippen LogP contribution in [-0.4, -0.2) is 19.4 Å². The monoisotopic (exact) mass is 239 g/mol. The van der Waals surface area contributed by atoms with Crippen LogP contribution in [0.2, 0.25) is 5.02 Å². The largest absolute Gasteiger partial charge is 0.496 e. The van der Waals surface area contributed by atoms with E-state index in [9.17, 15) is 4.79 Å². The summed E-state index contributed by atoms with van der Waals surface area (Å²) < 4.78 is 5.29. The number of hydrogen-bond acceptors (Lipinski definition) is 3. The van der Waals surface area contributed by atoms with Crippen molar-refractivity contribution in [3.05, 3.63) is 28.8 Å². The van der Waals surface area contributed by atoms with Gasteiger partial charge in [-0.3, -0.25) is 4.79 Å². The molecule has 1 saturated carbocycles. The lowest BCUT2D eigenvalue weighted by molar-refractivity contribution is -0.128. The fourth-order valence-electron chi connectivity index (χ4n) is 2.24. The topological polar surface area (TPSA) is 52.3 Å². The number of methoxy groups -OCH3 is 1. The number of ketones is 1. The Kier molecular flexibility index (Phi) is 2.91. The van der Waals surface area contributed by atoms with Gasteiger partial charge in [0.2, 0.25) is 0 Å². The van der Waals surface area contributed by atoms with E-state index < -0.39 is 0 Å². The molecule has 1 aromatic carbocycles. The molecule has 2 N–H and O–H groups in total. The standard InChI is InChI=1S/C12H14ClNO2/c1-16-11-3-2-8(13)4-10(11)12(7-14)5-9(15)6-12/h2-4H,5-7,14H2,1H3. The van der Waals surface area contributed by atoms with Crippen LogP contribution in [0.1, 0.15) is 18.4 Å². The maximum atomic E-state index is 11.2. The Hall–Kier alpha value is -1.06. The van der Waals surface area contributed by atoms with Gasteiger partial charge in [0.1, 0.15) is 11.5 Å². The first-order valence-corrected chi connectivity index (χ1v) is 5.55. The Morgan fingerprint density at radius 3 is 2.69 bits per heavy atom. The minimum atomic E-state index is -0.271. The fraction of sp³-hybridized carbons (Fsp3) is 0.417. The quantitative estimate of drug-likeness (QED) is 0.877. The second kappa shape index (κ2) is 4.07. The lowest BCUT2D eigenvalue weighted by atomic mass is 9.63. The molecule has 0 saturated heterocycles. The Morgan fingerprint density at radius 1 is 1.50 bits per heavy atom. The van der Waals surface area contributed by atoms with Crippen molar-refractivity contribution in [1.82, 2.24) is 0 Å². The molecular formula is C12H14ClNO2. The third-order valence-corrected chi connectivity index (χ3v) is 3.43. The predicted octanol–water partition coefficient (Wildman–Crippen LogP) is 1.91. The van der Waals surface area contributed by atoms with E-state index in [-0.39, 0.29) is 11.2 Å². The molecule has 86 valence electrons. The summed E-state index contributed by atoms with van der Waals surface area (Å²) in [6.45, 7) is 0.440. The smallest absolute Gasteiger partial charge is 0.134 e. The summed E-state index contributed by atoms with van der Waals surface area (Å²) in [6, 6.07) is 5.44. The van der Waals surface area contributed by atoms with Crippen molar-refractivity contribution in [3.8, 4) is 5.75 Å². The van der Waals surface area contributed by atoms with Gasteiger partial charge in [-0.2, -0.15) is 0 Å². The first-order valence-electron chi connectivity index (χ1n) is 5.17. The summed E-state index contributed by atoms with van der Waals surface area (Å²) >= 11 is 5.97. The van der Waals surface area contributed by atoms with Crippen molar-refractivity contribution >= 4 is 17.4 Å². The van der Waals surface area contributed by atoms with Crippen molar-refractivity contribution in [3.63, 3.8) is 0 Å². The number of ether oxygens (including phenoxy) is 1. The summed E-state index contributed by atoms with van der Waals surface area (Å²) in [5.74, 6) is 0.995. The molecule has 0 atom stereocenters. The molecule has 0 amide bonds. The molecule has 2 rings (SSSR count). The molecule has 0 spiro atoms. The van der Waals surface area contributed by atoms with Gasteiger partial charge in [-0.25, -0.2) is 0 Å². The zero-order valence-electron chi connectivity index (χ0n) is 9.13. The molecule has 0 heterocycles. The Labute approximate surface area is 99.5 Å². The molecule has 0 radical (unpaired) electrons. The number of hydrogen-bond donors (Lipinski definition) is 1. The second-order valence-corrected chi connectivity index (χ2v) is 4.66. The van der Waals surface area contributed by atoms with E-state index in [1.807, 2.05) is 12.1 Å². The number of benzene rings is 1.